The zero-order valence-corrected chi connectivity index (χ0v) is 44.0. The van der Waals surface area contributed by atoms with Crippen LogP contribution in [0.2, 0.25) is 0 Å². The van der Waals surface area contributed by atoms with E-state index in [1.54, 1.807) is 0 Å². The number of para-hydroxylation sites is 5. The smallest absolute Gasteiger partial charge is 0.138 e. The molecule has 9 heteroatoms. The zero-order chi connectivity index (χ0) is 53.0. The molecule has 3 heterocycles. The molecule has 3 aromatic heterocycles. The van der Waals surface area contributed by atoms with Crippen molar-refractivity contribution in [2.75, 3.05) is 14.7 Å². The maximum atomic E-state index is 6.40. The molecular formula is C70H53N6O2P. The first kappa shape index (κ1) is 49.7. The summed E-state index contributed by atoms with van der Waals surface area (Å²) in [6, 6.07) is 105. The van der Waals surface area contributed by atoms with Crippen molar-refractivity contribution >= 4 is 75.8 Å². The summed E-state index contributed by atoms with van der Waals surface area (Å²) in [5, 5.41) is 0. The molecule has 0 N–H and O–H groups in total. The molecule has 0 radical (unpaired) electrons. The highest BCUT2D eigenvalue weighted by Gasteiger charge is 2.27. The van der Waals surface area contributed by atoms with Crippen LogP contribution in [0.3, 0.4) is 0 Å². The van der Waals surface area contributed by atoms with Gasteiger partial charge in [-0.05, 0) is 151 Å². The largest absolute Gasteiger partial charge is 0.457 e. The van der Waals surface area contributed by atoms with Gasteiger partial charge in [0.05, 0.1) is 27.7 Å². The number of anilines is 9. The molecule has 0 aliphatic carbocycles. The number of benzene rings is 9. The van der Waals surface area contributed by atoms with E-state index in [0.717, 1.165) is 85.8 Å². The summed E-state index contributed by atoms with van der Waals surface area (Å²) >= 11 is 0. The molecule has 380 valence electrons. The first-order valence-corrected chi connectivity index (χ1v) is 27.6. The Morgan fingerprint density at radius 3 is 0.937 bits per heavy atom. The van der Waals surface area contributed by atoms with E-state index >= 15 is 0 Å². The Balaban J connectivity index is 1.01. The van der Waals surface area contributed by atoms with Crippen molar-refractivity contribution in [3.63, 3.8) is 0 Å². The quantitative estimate of drug-likeness (QED) is 0.0788. The molecule has 0 saturated heterocycles. The van der Waals surface area contributed by atoms with Crippen LogP contribution in [0.15, 0.2) is 309 Å². The summed E-state index contributed by atoms with van der Waals surface area (Å²) in [5.41, 5.74) is 10.6. The van der Waals surface area contributed by atoms with Crippen molar-refractivity contribution in [1.82, 2.24) is 15.0 Å². The number of pyridine rings is 3. The highest BCUT2D eigenvalue weighted by molar-refractivity contribution is 7.79. The molecule has 0 bridgehead atoms. The molecule has 0 unspecified atom stereocenters. The summed E-state index contributed by atoms with van der Waals surface area (Å²) in [7, 11) is -1.56. The van der Waals surface area contributed by atoms with Crippen molar-refractivity contribution < 1.29 is 9.47 Å². The van der Waals surface area contributed by atoms with E-state index in [2.05, 4.69) is 197 Å². The molecule has 0 fully saturated rings. The minimum atomic E-state index is -1.56. The molecule has 0 amide bonds. The van der Waals surface area contributed by atoms with Gasteiger partial charge in [-0.1, -0.05) is 164 Å². The molecule has 12 rings (SSSR count). The molecule has 12 aromatic rings. The van der Waals surface area contributed by atoms with Gasteiger partial charge < -0.3 is 9.47 Å². The second-order valence-electron chi connectivity index (χ2n) is 18.6. The van der Waals surface area contributed by atoms with Gasteiger partial charge in [-0.15, -0.1) is 0 Å². The predicted octanol–water partition coefficient (Wildman–Crippen LogP) is 17.2. The van der Waals surface area contributed by atoms with Crippen LogP contribution >= 0.6 is 7.92 Å². The summed E-state index contributed by atoms with van der Waals surface area (Å²) in [6.45, 7) is 0. The van der Waals surface area contributed by atoms with Crippen molar-refractivity contribution in [1.29, 1.82) is 0 Å². The Morgan fingerprint density at radius 1 is 0.253 bits per heavy atom. The van der Waals surface area contributed by atoms with E-state index in [4.69, 9.17) is 24.4 Å². The normalized spacial score (nSPS) is 10.9. The lowest BCUT2D eigenvalue weighted by molar-refractivity contribution is 0.482. The lowest BCUT2D eigenvalue weighted by atomic mass is 10.0. The lowest BCUT2D eigenvalue weighted by Crippen LogP contribution is -2.29. The molecule has 9 aromatic carbocycles. The Labute approximate surface area is 462 Å². The van der Waals surface area contributed by atoms with Crippen LogP contribution in [-0.4, -0.2) is 15.0 Å². The Hall–Kier alpha value is -10.1. The van der Waals surface area contributed by atoms with E-state index in [-0.39, 0.29) is 0 Å². The van der Waals surface area contributed by atoms with Crippen LogP contribution in [0.1, 0.15) is 11.1 Å². The van der Waals surface area contributed by atoms with E-state index in [9.17, 15) is 0 Å². The van der Waals surface area contributed by atoms with Gasteiger partial charge in [-0.2, -0.15) is 0 Å². The fraction of sp³-hybridized carbons (Fsp3) is 0.0143. The molecular weight excluding hydrogens is 988 g/mol. The minimum Gasteiger partial charge on any atom is -0.457 e. The van der Waals surface area contributed by atoms with Crippen molar-refractivity contribution in [3.05, 3.63) is 321 Å². The molecule has 8 nitrogen and oxygen atoms in total. The van der Waals surface area contributed by atoms with Crippen LogP contribution < -0.4 is 40.5 Å². The van der Waals surface area contributed by atoms with E-state index < -0.39 is 7.92 Å². The molecule has 0 aliphatic rings. The molecule has 0 atom stereocenters. The van der Waals surface area contributed by atoms with Crippen LogP contribution in [0.5, 0.6) is 23.0 Å². The second-order valence-corrected chi connectivity index (χ2v) is 20.6. The Kier molecular flexibility index (Phi) is 15.0. The van der Waals surface area contributed by atoms with Crippen molar-refractivity contribution in [3.8, 4) is 23.0 Å². The highest BCUT2D eigenvalue weighted by Crippen LogP contribution is 2.41. The van der Waals surface area contributed by atoms with Crippen LogP contribution in [0.25, 0.3) is 0 Å². The third-order valence-corrected chi connectivity index (χ3v) is 15.2. The van der Waals surface area contributed by atoms with Gasteiger partial charge in [0.2, 0.25) is 0 Å². The number of hydrogen-bond donors (Lipinski definition) is 0. The Bertz CT molecular complexity index is 3510. The lowest BCUT2D eigenvalue weighted by Gasteiger charge is -2.28. The third kappa shape index (κ3) is 11.8. The number of ether oxygens (including phenoxy) is 2. The first-order valence-electron chi connectivity index (χ1n) is 26.2. The number of hydrogen-bond acceptors (Lipinski definition) is 8. The topological polar surface area (TPSA) is 66.9 Å². The van der Waals surface area contributed by atoms with Gasteiger partial charge in [-0.3, -0.25) is 14.7 Å². The first-order chi connectivity index (χ1) is 39.1. The average molecular weight is 1040 g/mol. The third-order valence-electron chi connectivity index (χ3n) is 13.1. The van der Waals surface area contributed by atoms with Gasteiger partial charge in [0.1, 0.15) is 40.5 Å². The van der Waals surface area contributed by atoms with Crippen molar-refractivity contribution in [2.24, 2.45) is 0 Å². The second kappa shape index (κ2) is 23.8. The fourth-order valence-electron chi connectivity index (χ4n) is 9.57. The van der Waals surface area contributed by atoms with Gasteiger partial charge in [0.25, 0.3) is 0 Å². The standard InChI is InChI=1S/C70H53N6O2P/c1-7-25-53(26-8-1)49-54-27-19-34-58(50-54)74(55-28-9-2-10-29-55)65-43-22-46-68(71-65)79(69-47-23-44-66(72-69)75(56-30-11-3-12-31-56)59-35-20-41-63(51-59)77-61-37-15-5-16-38-61)70-48-24-45-67(73-70)76(57-32-13-4-14-33-57)60-36-21-42-64(52-60)78-62-39-17-6-18-40-62/h1-48,50-52H,49H2. The van der Waals surface area contributed by atoms with Gasteiger partial charge in [0, 0.05) is 42.8 Å². The van der Waals surface area contributed by atoms with E-state index in [0.29, 0.717) is 11.5 Å². The zero-order valence-electron chi connectivity index (χ0n) is 43.1. The van der Waals surface area contributed by atoms with Crippen LogP contribution in [0.4, 0.5) is 51.6 Å². The number of nitrogens with zero attached hydrogens (tertiary/aromatic N) is 6. The maximum absolute atomic E-state index is 6.40. The van der Waals surface area contributed by atoms with Gasteiger partial charge >= 0.3 is 0 Å². The van der Waals surface area contributed by atoms with E-state index in [1.807, 2.05) is 127 Å². The monoisotopic (exact) mass is 1040 g/mol. The average Bonchev–Trinajstić information content (AvgIpc) is 3.52. The van der Waals surface area contributed by atoms with Crippen LogP contribution in [0, 0.1) is 0 Å². The predicted molar refractivity (Wildman–Crippen MR) is 325 cm³/mol. The number of rotatable bonds is 18. The molecule has 0 spiro atoms. The minimum absolute atomic E-state index is 0.707. The SMILES string of the molecule is c1ccc(Cc2cccc(N(c3ccccc3)c3cccc(P(c4cccc(N(c5ccccc5)c5cccc(Oc6ccccc6)c5)n4)c4cccc(N(c5ccccc5)c5cccc(Oc6ccccc6)c5)n4)n3)c2)cc1. The maximum Gasteiger partial charge on any atom is 0.138 e. The Morgan fingerprint density at radius 2 is 0.544 bits per heavy atom. The number of aromatic nitrogens is 3. The van der Waals surface area contributed by atoms with E-state index in [1.165, 1.54) is 11.1 Å². The molecule has 0 saturated carbocycles. The molecule has 0 aliphatic heterocycles. The fourth-order valence-corrected chi connectivity index (χ4v) is 11.6. The van der Waals surface area contributed by atoms with Gasteiger partial charge in [-0.25, -0.2) is 15.0 Å². The highest BCUT2D eigenvalue weighted by atomic mass is 31.1. The summed E-state index contributed by atoms with van der Waals surface area (Å²) < 4.78 is 12.8. The van der Waals surface area contributed by atoms with Gasteiger partial charge in [0.15, 0.2) is 0 Å². The van der Waals surface area contributed by atoms with Crippen molar-refractivity contribution in [2.45, 2.75) is 6.42 Å². The summed E-state index contributed by atoms with van der Waals surface area (Å²) in [6.07, 6.45) is 0.800. The summed E-state index contributed by atoms with van der Waals surface area (Å²) in [5.74, 6) is 5.14. The molecule has 79 heavy (non-hydrogen) atoms. The summed E-state index contributed by atoms with van der Waals surface area (Å²) in [4.78, 5) is 23.6. The van der Waals surface area contributed by atoms with Crippen LogP contribution in [-0.2, 0) is 6.42 Å².